The Balaban J connectivity index is 1.68. The van der Waals surface area contributed by atoms with E-state index < -0.39 is 12.3 Å². The van der Waals surface area contributed by atoms with Crippen molar-refractivity contribution in [1.29, 1.82) is 0 Å². The number of alkyl carbamates (subject to hydrolysis) is 1. The van der Waals surface area contributed by atoms with Crippen LogP contribution in [0.4, 0.5) is 9.59 Å². The molecule has 0 bridgehead atoms. The number of carbonyl (C=O) groups is 2. The standard InChI is InChI=1S/C22H26N2O3Se/c1-4-14(2)20(24-22(26)28-3)23-21(25)27-13-19-17-11-7-5-9-15(17)16-10-6-8-12-18(16)19/h5-12,14,19-20H,4,13H2,1-3H3,(H,23,25)(H,24,26)/t14-,20+/m0/s1. The van der Waals surface area contributed by atoms with E-state index in [0.717, 1.165) is 6.42 Å². The maximum atomic E-state index is 12.4. The molecule has 0 unspecified atom stereocenters. The molecule has 0 saturated heterocycles. The predicted octanol–water partition coefficient (Wildman–Crippen LogP) is 4.36. The number of hydrogen-bond donors (Lipinski definition) is 2. The van der Waals surface area contributed by atoms with Crippen LogP contribution in [0.3, 0.4) is 0 Å². The normalized spacial score (nSPS) is 14.5. The van der Waals surface area contributed by atoms with E-state index >= 15 is 0 Å². The molecule has 2 N–H and O–H groups in total. The summed E-state index contributed by atoms with van der Waals surface area (Å²) in [5, 5.41) is 5.71. The maximum absolute atomic E-state index is 12.4. The van der Waals surface area contributed by atoms with Gasteiger partial charge in [0.1, 0.15) is 0 Å². The van der Waals surface area contributed by atoms with Crippen molar-refractivity contribution < 1.29 is 14.3 Å². The van der Waals surface area contributed by atoms with Crippen LogP contribution < -0.4 is 10.6 Å². The van der Waals surface area contributed by atoms with E-state index in [1.165, 1.54) is 22.3 Å². The van der Waals surface area contributed by atoms with Gasteiger partial charge in [0.15, 0.2) is 0 Å². The van der Waals surface area contributed by atoms with Gasteiger partial charge in [-0.05, 0) is 0 Å². The van der Waals surface area contributed by atoms with Gasteiger partial charge < -0.3 is 0 Å². The Bertz CT molecular complexity index is 810. The van der Waals surface area contributed by atoms with Crippen LogP contribution in [0.5, 0.6) is 0 Å². The predicted molar refractivity (Wildman–Crippen MR) is 112 cm³/mol. The number of ether oxygens (including phenoxy) is 1. The van der Waals surface area contributed by atoms with E-state index in [2.05, 4.69) is 34.9 Å². The van der Waals surface area contributed by atoms with Gasteiger partial charge in [0.05, 0.1) is 0 Å². The van der Waals surface area contributed by atoms with Crippen LogP contribution >= 0.6 is 0 Å². The van der Waals surface area contributed by atoms with Gasteiger partial charge in [-0.25, -0.2) is 0 Å². The van der Waals surface area contributed by atoms with Crippen LogP contribution in [0.25, 0.3) is 11.1 Å². The second-order valence-electron chi connectivity index (χ2n) is 6.97. The summed E-state index contributed by atoms with van der Waals surface area (Å²) >= 11 is -0.158. The first-order valence-corrected chi connectivity index (χ1v) is 12.1. The van der Waals surface area contributed by atoms with Gasteiger partial charge in [-0.3, -0.25) is 0 Å². The van der Waals surface area contributed by atoms with Gasteiger partial charge in [0, 0.05) is 0 Å². The van der Waals surface area contributed by atoms with Crippen LogP contribution in [0.2, 0.25) is 5.82 Å². The molecule has 0 spiro atoms. The molecule has 0 aliphatic heterocycles. The van der Waals surface area contributed by atoms with Crippen molar-refractivity contribution in [1.82, 2.24) is 10.6 Å². The second kappa shape index (κ2) is 9.26. The summed E-state index contributed by atoms with van der Waals surface area (Å²) in [7, 11) is 0. The van der Waals surface area contributed by atoms with Crippen LogP contribution in [0.15, 0.2) is 48.5 Å². The first-order chi connectivity index (χ1) is 13.5. The fraction of sp³-hybridized carbons (Fsp3) is 0.364. The molecule has 2 aromatic carbocycles. The summed E-state index contributed by atoms with van der Waals surface area (Å²) in [5.74, 6) is 1.99. The fourth-order valence-electron chi connectivity index (χ4n) is 3.51. The van der Waals surface area contributed by atoms with Crippen LogP contribution in [-0.4, -0.2) is 38.6 Å². The summed E-state index contributed by atoms with van der Waals surface area (Å²) in [6.07, 6.45) is -0.0864. The molecule has 2 aromatic rings. The van der Waals surface area contributed by atoms with E-state index in [1.807, 2.05) is 43.9 Å². The van der Waals surface area contributed by atoms with E-state index in [-0.39, 0.29) is 38.2 Å². The summed E-state index contributed by atoms with van der Waals surface area (Å²) < 4.78 is 5.58. The Labute approximate surface area is 172 Å². The number of rotatable bonds is 7. The molecule has 2 atom stereocenters. The second-order valence-corrected chi connectivity index (χ2v) is 8.60. The number of amides is 2. The van der Waals surface area contributed by atoms with Crippen molar-refractivity contribution in [2.45, 2.75) is 38.2 Å². The fourth-order valence-corrected chi connectivity index (χ4v) is 4.02. The van der Waals surface area contributed by atoms with E-state index in [1.54, 1.807) is 0 Å². The van der Waals surface area contributed by atoms with Gasteiger partial charge in [-0.1, -0.05) is 0 Å². The molecule has 148 valence electrons. The van der Waals surface area contributed by atoms with Crippen LogP contribution in [0.1, 0.15) is 37.3 Å². The third kappa shape index (κ3) is 4.40. The number of benzene rings is 2. The van der Waals surface area contributed by atoms with Crippen LogP contribution in [-0.2, 0) is 4.74 Å². The Morgan fingerprint density at radius 2 is 1.61 bits per heavy atom. The molecule has 6 heteroatoms. The van der Waals surface area contributed by atoms with Gasteiger partial charge in [-0.2, -0.15) is 0 Å². The number of hydrogen-bond acceptors (Lipinski definition) is 3. The molecule has 2 amide bonds. The molecular formula is C22H26N2O3Se. The summed E-state index contributed by atoms with van der Waals surface area (Å²) in [5.41, 5.74) is 4.75. The molecule has 0 fully saturated rings. The number of nitrogens with one attached hydrogen (secondary N) is 2. The third-order valence-corrected chi connectivity index (χ3v) is 6.31. The topological polar surface area (TPSA) is 67.4 Å². The monoisotopic (exact) mass is 446 g/mol. The van der Waals surface area contributed by atoms with E-state index in [4.69, 9.17) is 4.74 Å². The van der Waals surface area contributed by atoms with Gasteiger partial charge in [0.25, 0.3) is 0 Å². The zero-order chi connectivity index (χ0) is 20.1. The third-order valence-electron chi connectivity index (χ3n) is 5.29. The quantitative estimate of drug-likeness (QED) is 0.492. The molecule has 1 aliphatic carbocycles. The minimum absolute atomic E-state index is 0.0220. The SMILES string of the molecule is CC[C@H](C)[C@H](NC(=O)OCC1c2ccccc2-c2ccccc21)NC(=O)[Se]C. The number of carbonyl (C=O) groups excluding carboxylic acids is 2. The van der Waals surface area contributed by atoms with E-state index in [0.29, 0.717) is 0 Å². The van der Waals surface area contributed by atoms with Crippen molar-refractivity contribution in [2.75, 3.05) is 6.61 Å². The molecule has 28 heavy (non-hydrogen) atoms. The molecule has 3 rings (SSSR count). The van der Waals surface area contributed by atoms with E-state index in [9.17, 15) is 9.59 Å². The average molecular weight is 445 g/mol. The molecule has 5 nitrogen and oxygen atoms in total. The first-order valence-electron chi connectivity index (χ1n) is 9.51. The molecule has 0 heterocycles. The summed E-state index contributed by atoms with van der Waals surface area (Å²) in [6.45, 7) is 4.29. The number of fused-ring (bicyclic) bond motifs is 3. The van der Waals surface area contributed by atoms with Gasteiger partial charge in [-0.15, -0.1) is 0 Å². The summed E-state index contributed by atoms with van der Waals surface area (Å²) in [6, 6.07) is 16.5. The van der Waals surface area contributed by atoms with Crippen molar-refractivity contribution in [3.63, 3.8) is 0 Å². The zero-order valence-corrected chi connectivity index (χ0v) is 18.1. The molecule has 0 radical (unpaired) electrons. The van der Waals surface area contributed by atoms with Crippen molar-refractivity contribution in [3.8, 4) is 11.1 Å². The Morgan fingerprint density at radius 1 is 1.04 bits per heavy atom. The first kappa shape index (κ1) is 20.4. The Hall–Kier alpha value is -2.30. The van der Waals surface area contributed by atoms with Crippen LogP contribution in [0, 0.1) is 5.92 Å². The van der Waals surface area contributed by atoms with Gasteiger partial charge >= 0.3 is 172 Å². The van der Waals surface area contributed by atoms with Crippen molar-refractivity contribution in [2.24, 2.45) is 5.92 Å². The Morgan fingerprint density at radius 3 is 2.14 bits per heavy atom. The van der Waals surface area contributed by atoms with Gasteiger partial charge in [0.2, 0.25) is 0 Å². The Kier molecular flexibility index (Phi) is 6.76. The zero-order valence-electron chi connectivity index (χ0n) is 16.4. The minimum atomic E-state index is -0.504. The van der Waals surface area contributed by atoms with Crippen molar-refractivity contribution >= 4 is 25.9 Å². The molecule has 1 aliphatic rings. The average Bonchev–Trinajstić information content (AvgIpc) is 3.05. The van der Waals surface area contributed by atoms with Crippen molar-refractivity contribution in [3.05, 3.63) is 59.7 Å². The molecular weight excluding hydrogens is 419 g/mol. The molecule has 0 saturated carbocycles. The summed E-state index contributed by atoms with van der Waals surface area (Å²) in [4.78, 5) is 24.2. The molecule has 0 aromatic heterocycles.